The number of aromatic nitrogens is 2. The predicted octanol–water partition coefficient (Wildman–Crippen LogP) is 4.70. The van der Waals surface area contributed by atoms with Crippen molar-refractivity contribution in [2.24, 2.45) is 5.92 Å². The van der Waals surface area contributed by atoms with Crippen molar-refractivity contribution in [3.05, 3.63) is 53.7 Å². The zero-order chi connectivity index (χ0) is 28.2. The second-order valence-electron chi connectivity index (χ2n) is 10.1. The average molecular weight is 574 g/mol. The van der Waals surface area contributed by atoms with Gasteiger partial charge in [0.15, 0.2) is 5.82 Å². The van der Waals surface area contributed by atoms with Crippen molar-refractivity contribution in [1.29, 1.82) is 0 Å². The minimum Gasteiger partial charge on any atom is -0.494 e. The number of halogens is 1. The average Bonchev–Trinajstić information content (AvgIpc) is 3.41. The van der Waals surface area contributed by atoms with Gasteiger partial charge in [-0.3, -0.25) is 0 Å². The van der Waals surface area contributed by atoms with Gasteiger partial charge < -0.3 is 25.2 Å². The maximum atomic E-state index is 12.9. The predicted molar refractivity (Wildman–Crippen MR) is 157 cm³/mol. The largest absolute Gasteiger partial charge is 0.494 e. The molecule has 1 saturated heterocycles. The van der Waals surface area contributed by atoms with Crippen molar-refractivity contribution < 1.29 is 13.2 Å². The fraction of sp³-hybridized carbons (Fsp3) is 0.407. The number of rotatable bonds is 11. The lowest BCUT2D eigenvalue weighted by Gasteiger charge is -2.23. The van der Waals surface area contributed by atoms with E-state index in [1.54, 1.807) is 25.3 Å². The number of hydrogen-bond donors (Lipinski definition) is 3. The summed E-state index contributed by atoms with van der Waals surface area (Å²) in [6.45, 7) is 6.16. The fourth-order valence-corrected chi connectivity index (χ4v) is 5.81. The molecule has 10 nitrogen and oxygen atoms in total. The first kappa shape index (κ1) is 28.9. The van der Waals surface area contributed by atoms with E-state index in [2.05, 4.69) is 49.2 Å². The monoisotopic (exact) mass is 573 g/mol. The standard InChI is InChI=1S/C27H36ClN7O3S/c1-18(2)15-30-39(36,37)25-9-7-6-8-23(25)31-26-21(28)16-29-27(33-26)32-22-11-10-19(14-24(22)38-5)35-13-12-20(17-35)34(3)4/h6-11,14,16,18,20,30H,12-13,15,17H2,1-5H3,(H2,29,31,32,33)/t20-/m0/s1. The van der Waals surface area contributed by atoms with Crippen LogP contribution in [-0.4, -0.2) is 70.2 Å². The van der Waals surface area contributed by atoms with Gasteiger partial charge in [-0.15, -0.1) is 0 Å². The van der Waals surface area contributed by atoms with Gasteiger partial charge in [0, 0.05) is 37.4 Å². The van der Waals surface area contributed by atoms with Crippen molar-refractivity contribution in [2.45, 2.75) is 31.2 Å². The maximum Gasteiger partial charge on any atom is 0.242 e. The molecule has 4 rings (SSSR count). The SMILES string of the molecule is COc1cc(N2CC[C@H](N(C)C)C2)ccc1Nc1ncc(Cl)c(Nc2ccccc2S(=O)(=O)NCC(C)C)n1. The summed E-state index contributed by atoms with van der Waals surface area (Å²) in [4.78, 5) is 13.5. The Labute approximate surface area is 235 Å². The Morgan fingerprint density at radius 2 is 1.92 bits per heavy atom. The van der Waals surface area contributed by atoms with Crippen molar-refractivity contribution in [3.8, 4) is 5.75 Å². The third-order valence-corrected chi connectivity index (χ3v) is 8.30. The van der Waals surface area contributed by atoms with Crippen LogP contribution < -0.4 is 25.0 Å². The molecule has 3 aromatic rings. The van der Waals surface area contributed by atoms with E-state index in [9.17, 15) is 8.42 Å². The van der Waals surface area contributed by atoms with Crippen LogP contribution in [0, 0.1) is 5.92 Å². The zero-order valence-electron chi connectivity index (χ0n) is 22.9. The van der Waals surface area contributed by atoms with Gasteiger partial charge in [0.25, 0.3) is 0 Å². The van der Waals surface area contributed by atoms with Gasteiger partial charge in [-0.25, -0.2) is 18.1 Å². The third kappa shape index (κ3) is 7.10. The number of nitrogens with zero attached hydrogens (tertiary/aromatic N) is 4. The molecule has 1 aromatic heterocycles. The normalized spacial score (nSPS) is 15.7. The molecule has 0 radical (unpaired) electrons. The molecule has 1 aliphatic rings. The number of para-hydroxylation sites is 1. The van der Waals surface area contributed by atoms with E-state index in [1.807, 2.05) is 32.0 Å². The Balaban J connectivity index is 1.55. The van der Waals surface area contributed by atoms with Crippen molar-refractivity contribution in [1.82, 2.24) is 19.6 Å². The summed E-state index contributed by atoms with van der Waals surface area (Å²) < 4.78 is 34.2. The van der Waals surface area contributed by atoms with E-state index in [0.717, 1.165) is 25.2 Å². The van der Waals surface area contributed by atoms with Crippen LogP contribution in [0.4, 0.5) is 28.8 Å². The van der Waals surface area contributed by atoms with Crippen LogP contribution in [0.3, 0.4) is 0 Å². The number of sulfonamides is 1. The van der Waals surface area contributed by atoms with E-state index in [1.165, 1.54) is 12.3 Å². The Hall–Kier alpha value is -3.12. The van der Waals surface area contributed by atoms with Crippen LogP contribution in [0.25, 0.3) is 0 Å². The molecular weight excluding hydrogens is 538 g/mol. The van der Waals surface area contributed by atoms with Crippen LogP contribution in [-0.2, 0) is 10.0 Å². The fourth-order valence-electron chi connectivity index (χ4n) is 4.30. The molecule has 12 heteroatoms. The maximum absolute atomic E-state index is 12.9. The molecule has 2 heterocycles. The summed E-state index contributed by atoms with van der Waals surface area (Å²) in [5.74, 6) is 1.37. The topological polar surface area (TPSA) is 112 Å². The molecule has 0 unspecified atom stereocenters. The summed E-state index contributed by atoms with van der Waals surface area (Å²) in [5.41, 5.74) is 2.13. The Morgan fingerprint density at radius 3 is 2.62 bits per heavy atom. The van der Waals surface area contributed by atoms with Crippen molar-refractivity contribution >= 4 is 50.5 Å². The Morgan fingerprint density at radius 1 is 1.15 bits per heavy atom. The molecule has 39 heavy (non-hydrogen) atoms. The summed E-state index contributed by atoms with van der Waals surface area (Å²) in [6, 6.07) is 13.1. The molecule has 0 amide bonds. The van der Waals surface area contributed by atoms with E-state index >= 15 is 0 Å². The minimum absolute atomic E-state index is 0.102. The first-order chi connectivity index (χ1) is 18.6. The number of anilines is 5. The number of ether oxygens (including phenoxy) is 1. The summed E-state index contributed by atoms with van der Waals surface area (Å²) in [5, 5.41) is 6.51. The van der Waals surface area contributed by atoms with Gasteiger partial charge in [0.2, 0.25) is 16.0 Å². The van der Waals surface area contributed by atoms with Gasteiger partial charge in [-0.05, 0) is 50.7 Å². The van der Waals surface area contributed by atoms with Gasteiger partial charge in [0.1, 0.15) is 15.7 Å². The second-order valence-corrected chi connectivity index (χ2v) is 12.3. The molecule has 3 N–H and O–H groups in total. The van der Waals surface area contributed by atoms with Crippen LogP contribution in [0.2, 0.25) is 5.02 Å². The van der Waals surface area contributed by atoms with Crippen LogP contribution in [0.5, 0.6) is 5.75 Å². The van der Waals surface area contributed by atoms with Crippen LogP contribution in [0.1, 0.15) is 20.3 Å². The van der Waals surface area contributed by atoms with E-state index in [0.29, 0.717) is 29.7 Å². The zero-order valence-corrected chi connectivity index (χ0v) is 24.5. The molecule has 1 aliphatic heterocycles. The van der Waals surface area contributed by atoms with Crippen LogP contribution >= 0.6 is 11.6 Å². The van der Waals surface area contributed by atoms with E-state index in [-0.39, 0.29) is 27.6 Å². The highest BCUT2D eigenvalue weighted by molar-refractivity contribution is 7.89. The van der Waals surface area contributed by atoms with E-state index < -0.39 is 10.0 Å². The Bertz CT molecular complexity index is 1400. The summed E-state index contributed by atoms with van der Waals surface area (Å²) in [7, 11) is 2.10. The molecule has 1 fully saturated rings. The summed E-state index contributed by atoms with van der Waals surface area (Å²) in [6.07, 6.45) is 2.57. The molecule has 0 bridgehead atoms. The molecule has 1 atom stereocenters. The second kappa shape index (κ2) is 12.4. The lowest BCUT2D eigenvalue weighted by atomic mass is 10.2. The number of hydrogen-bond acceptors (Lipinski definition) is 9. The Kier molecular flexibility index (Phi) is 9.16. The highest BCUT2D eigenvalue weighted by atomic mass is 35.5. The van der Waals surface area contributed by atoms with Crippen LogP contribution in [0.15, 0.2) is 53.6 Å². The first-order valence-electron chi connectivity index (χ1n) is 12.8. The van der Waals surface area contributed by atoms with Gasteiger partial charge in [-0.1, -0.05) is 37.6 Å². The molecule has 2 aromatic carbocycles. The lowest BCUT2D eigenvalue weighted by Crippen LogP contribution is -2.31. The lowest BCUT2D eigenvalue weighted by molar-refractivity contribution is 0.315. The van der Waals surface area contributed by atoms with Crippen molar-refractivity contribution in [2.75, 3.05) is 56.4 Å². The first-order valence-corrected chi connectivity index (χ1v) is 14.7. The van der Waals surface area contributed by atoms with E-state index in [4.69, 9.17) is 16.3 Å². The number of likely N-dealkylation sites (N-methyl/N-ethyl adjacent to an activating group) is 1. The molecule has 0 spiro atoms. The quantitative estimate of drug-likeness (QED) is 0.300. The van der Waals surface area contributed by atoms with Gasteiger partial charge in [0.05, 0.1) is 24.7 Å². The summed E-state index contributed by atoms with van der Waals surface area (Å²) >= 11 is 6.39. The number of methoxy groups -OCH3 is 1. The third-order valence-electron chi connectivity index (χ3n) is 6.55. The molecule has 0 saturated carbocycles. The molecule has 210 valence electrons. The number of benzene rings is 2. The highest BCUT2D eigenvalue weighted by Crippen LogP contribution is 2.34. The molecule has 0 aliphatic carbocycles. The minimum atomic E-state index is -3.74. The van der Waals surface area contributed by atoms with Gasteiger partial charge in [-0.2, -0.15) is 4.98 Å². The number of nitrogens with one attached hydrogen (secondary N) is 3. The highest BCUT2D eigenvalue weighted by Gasteiger charge is 2.25. The van der Waals surface area contributed by atoms with Crippen molar-refractivity contribution in [3.63, 3.8) is 0 Å². The smallest absolute Gasteiger partial charge is 0.242 e. The molecular formula is C27H36ClN7O3S. The van der Waals surface area contributed by atoms with Gasteiger partial charge >= 0.3 is 0 Å².